The predicted molar refractivity (Wildman–Crippen MR) is 89.3 cm³/mol. The van der Waals surface area contributed by atoms with Gasteiger partial charge in [0, 0.05) is 5.56 Å². The fourth-order valence-corrected chi connectivity index (χ4v) is 2.07. The van der Waals surface area contributed by atoms with Crippen molar-refractivity contribution < 1.29 is 24.1 Å². The third-order valence-corrected chi connectivity index (χ3v) is 3.22. The average molecular weight is 330 g/mol. The molecule has 126 valence electrons. The largest absolute Gasteiger partial charge is 0.507 e. The highest BCUT2D eigenvalue weighted by Crippen LogP contribution is 2.37. The molecular weight excluding hydrogens is 312 g/mol. The average Bonchev–Trinajstić information content (AvgIpc) is 2.60. The molecule has 2 aromatic rings. The first-order valence-corrected chi connectivity index (χ1v) is 7.02. The summed E-state index contributed by atoms with van der Waals surface area (Å²) in [5.41, 5.74) is 3.13. The van der Waals surface area contributed by atoms with E-state index in [-0.39, 0.29) is 11.3 Å². The lowest BCUT2D eigenvalue weighted by Gasteiger charge is -2.12. The Hall–Kier alpha value is -3.22. The molecule has 0 aliphatic carbocycles. The Balaban J connectivity index is 2.17. The third kappa shape index (κ3) is 3.75. The number of hydrogen-bond acceptors (Lipinski definition) is 6. The number of hydrazone groups is 1. The molecule has 2 aromatic carbocycles. The number of benzene rings is 2. The summed E-state index contributed by atoms with van der Waals surface area (Å²) in [4.78, 5) is 11.9. The standard InChI is InChI=1S/C17H18N2O5/c1-22-14-8-11(9-15(23-2)16(14)24-3)10-18-19-17(21)12-6-4-5-7-13(12)20/h4-10,20H,1-3H3,(H,19,21). The Labute approximate surface area is 139 Å². The van der Waals surface area contributed by atoms with Crippen molar-refractivity contribution in [3.8, 4) is 23.0 Å². The van der Waals surface area contributed by atoms with E-state index < -0.39 is 5.91 Å². The summed E-state index contributed by atoms with van der Waals surface area (Å²) in [7, 11) is 4.54. The van der Waals surface area contributed by atoms with Gasteiger partial charge in [0.15, 0.2) is 11.5 Å². The Kier molecular flexibility index (Phi) is 5.62. The lowest BCUT2D eigenvalue weighted by atomic mass is 10.2. The molecule has 0 atom stereocenters. The summed E-state index contributed by atoms with van der Waals surface area (Å²) in [5, 5.41) is 13.5. The van der Waals surface area contributed by atoms with Gasteiger partial charge in [-0.15, -0.1) is 0 Å². The van der Waals surface area contributed by atoms with Gasteiger partial charge < -0.3 is 19.3 Å². The molecule has 2 rings (SSSR count). The Morgan fingerprint density at radius 2 is 1.71 bits per heavy atom. The molecule has 0 aliphatic rings. The molecule has 24 heavy (non-hydrogen) atoms. The van der Waals surface area contributed by atoms with Crippen LogP contribution in [0.1, 0.15) is 15.9 Å². The van der Waals surface area contributed by atoms with Crippen LogP contribution in [0.25, 0.3) is 0 Å². The number of rotatable bonds is 6. The molecule has 2 N–H and O–H groups in total. The number of hydrogen-bond donors (Lipinski definition) is 2. The zero-order valence-corrected chi connectivity index (χ0v) is 13.6. The number of carbonyl (C=O) groups is 1. The number of phenolic OH excluding ortho intramolecular Hbond substituents is 1. The van der Waals surface area contributed by atoms with Crippen LogP contribution in [0.3, 0.4) is 0 Å². The second kappa shape index (κ2) is 7.87. The molecule has 1 amide bonds. The molecule has 0 aromatic heterocycles. The molecular formula is C17H18N2O5. The molecule has 0 radical (unpaired) electrons. The number of nitrogens with one attached hydrogen (secondary N) is 1. The van der Waals surface area contributed by atoms with Crippen molar-refractivity contribution in [3.63, 3.8) is 0 Å². The first-order chi connectivity index (χ1) is 11.6. The highest BCUT2D eigenvalue weighted by Gasteiger charge is 2.12. The third-order valence-electron chi connectivity index (χ3n) is 3.22. The molecule has 7 heteroatoms. The summed E-state index contributed by atoms with van der Waals surface area (Å²) in [5.74, 6) is 0.792. The van der Waals surface area contributed by atoms with Gasteiger partial charge in [0.1, 0.15) is 5.75 Å². The van der Waals surface area contributed by atoms with E-state index in [2.05, 4.69) is 10.5 Å². The highest BCUT2D eigenvalue weighted by molar-refractivity contribution is 5.97. The smallest absolute Gasteiger partial charge is 0.275 e. The fourth-order valence-electron chi connectivity index (χ4n) is 2.07. The van der Waals surface area contributed by atoms with Crippen LogP contribution in [-0.4, -0.2) is 38.6 Å². The van der Waals surface area contributed by atoms with E-state index in [9.17, 15) is 9.90 Å². The zero-order chi connectivity index (χ0) is 17.5. The molecule has 0 saturated heterocycles. The molecule has 0 unspecified atom stereocenters. The van der Waals surface area contributed by atoms with E-state index in [1.807, 2.05) is 0 Å². The van der Waals surface area contributed by atoms with Crippen LogP contribution in [0, 0.1) is 0 Å². The van der Waals surface area contributed by atoms with Gasteiger partial charge in [0.25, 0.3) is 5.91 Å². The van der Waals surface area contributed by atoms with Gasteiger partial charge in [-0.05, 0) is 24.3 Å². The lowest BCUT2D eigenvalue weighted by Crippen LogP contribution is -2.17. The number of para-hydroxylation sites is 1. The maximum Gasteiger partial charge on any atom is 0.275 e. The lowest BCUT2D eigenvalue weighted by molar-refractivity contribution is 0.0952. The zero-order valence-electron chi connectivity index (χ0n) is 13.6. The van der Waals surface area contributed by atoms with E-state index in [1.54, 1.807) is 24.3 Å². The SMILES string of the molecule is COc1cc(C=NNC(=O)c2ccccc2O)cc(OC)c1OC. The number of aromatic hydroxyl groups is 1. The van der Waals surface area contributed by atoms with Gasteiger partial charge >= 0.3 is 0 Å². The van der Waals surface area contributed by atoms with Gasteiger partial charge in [-0.1, -0.05) is 12.1 Å². The first-order valence-electron chi connectivity index (χ1n) is 7.02. The van der Waals surface area contributed by atoms with E-state index >= 15 is 0 Å². The summed E-state index contributed by atoms with van der Waals surface area (Å²) in [6, 6.07) is 9.59. The number of carbonyl (C=O) groups excluding carboxylic acids is 1. The maximum atomic E-state index is 11.9. The molecule has 0 spiro atoms. The summed E-state index contributed by atoms with van der Waals surface area (Å²) >= 11 is 0. The summed E-state index contributed by atoms with van der Waals surface area (Å²) in [6.07, 6.45) is 1.43. The first kappa shape index (κ1) is 17.1. The van der Waals surface area contributed by atoms with Crippen molar-refractivity contribution in [2.45, 2.75) is 0 Å². The van der Waals surface area contributed by atoms with Crippen LogP contribution in [0.15, 0.2) is 41.5 Å². The number of methoxy groups -OCH3 is 3. The van der Waals surface area contributed by atoms with E-state index in [0.717, 1.165) is 0 Å². The molecule has 0 aliphatic heterocycles. The van der Waals surface area contributed by atoms with E-state index in [0.29, 0.717) is 22.8 Å². The summed E-state index contributed by atoms with van der Waals surface area (Å²) < 4.78 is 15.7. The van der Waals surface area contributed by atoms with Crippen molar-refractivity contribution in [2.24, 2.45) is 5.10 Å². The monoisotopic (exact) mass is 330 g/mol. The van der Waals surface area contributed by atoms with Crippen LogP contribution in [0.4, 0.5) is 0 Å². The maximum absolute atomic E-state index is 11.9. The van der Waals surface area contributed by atoms with E-state index in [4.69, 9.17) is 14.2 Å². The molecule has 0 bridgehead atoms. The topological polar surface area (TPSA) is 89.4 Å². The van der Waals surface area contributed by atoms with Crippen LogP contribution in [0.2, 0.25) is 0 Å². The second-order valence-electron chi connectivity index (χ2n) is 4.67. The number of ether oxygens (including phenoxy) is 3. The van der Waals surface area contributed by atoms with Crippen LogP contribution in [-0.2, 0) is 0 Å². The molecule has 0 heterocycles. The summed E-state index contributed by atoms with van der Waals surface area (Å²) in [6.45, 7) is 0. The fraction of sp³-hybridized carbons (Fsp3) is 0.176. The number of amides is 1. The highest BCUT2D eigenvalue weighted by atomic mass is 16.5. The van der Waals surface area contributed by atoms with Crippen molar-refractivity contribution in [2.75, 3.05) is 21.3 Å². The number of phenols is 1. The molecule has 0 saturated carbocycles. The number of nitrogens with zero attached hydrogens (tertiary/aromatic N) is 1. The second-order valence-corrected chi connectivity index (χ2v) is 4.67. The van der Waals surface area contributed by atoms with Crippen LogP contribution >= 0.6 is 0 Å². The van der Waals surface area contributed by atoms with Gasteiger partial charge in [0.2, 0.25) is 5.75 Å². The van der Waals surface area contributed by atoms with Crippen molar-refractivity contribution in [1.82, 2.24) is 5.43 Å². The van der Waals surface area contributed by atoms with Gasteiger partial charge in [-0.25, -0.2) is 5.43 Å². The van der Waals surface area contributed by atoms with E-state index in [1.165, 1.54) is 39.7 Å². The minimum atomic E-state index is -0.517. The Morgan fingerprint density at radius 3 is 2.25 bits per heavy atom. The van der Waals surface area contributed by atoms with Gasteiger partial charge in [-0.2, -0.15) is 5.10 Å². The minimum Gasteiger partial charge on any atom is -0.507 e. The van der Waals surface area contributed by atoms with Crippen LogP contribution in [0.5, 0.6) is 23.0 Å². The quantitative estimate of drug-likeness (QED) is 0.626. The minimum absolute atomic E-state index is 0.113. The molecule has 7 nitrogen and oxygen atoms in total. The van der Waals surface area contributed by atoms with Crippen molar-refractivity contribution in [3.05, 3.63) is 47.5 Å². The van der Waals surface area contributed by atoms with Crippen molar-refractivity contribution >= 4 is 12.1 Å². The van der Waals surface area contributed by atoms with Crippen molar-refractivity contribution in [1.29, 1.82) is 0 Å². The normalized spacial score (nSPS) is 10.5. The van der Waals surface area contributed by atoms with Gasteiger partial charge in [-0.3, -0.25) is 4.79 Å². The Bertz CT molecular complexity index is 733. The predicted octanol–water partition coefficient (Wildman–Crippen LogP) is 2.18. The Morgan fingerprint density at radius 1 is 1.08 bits per heavy atom. The van der Waals surface area contributed by atoms with Gasteiger partial charge in [0.05, 0.1) is 33.1 Å². The molecule has 0 fully saturated rings. The van der Waals surface area contributed by atoms with Crippen LogP contribution < -0.4 is 19.6 Å².